The van der Waals surface area contributed by atoms with Crippen molar-refractivity contribution >= 4 is 0 Å². The van der Waals surface area contributed by atoms with Gasteiger partial charge in [-0.25, -0.2) is 0 Å². The zero-order valence-electron chi connectivity index (χ0n) is 9.85. The molecule has 0 aliphatic rings. The van der Waals surface area contributed by atoms with Gasteiger partial charge in [0, 0.05) is 0 Å². The van der Waals surface area contributed by atoms with E-state index in [0.717, 1.165) is 5.92 Å². The highest BCUT2D eigenvalue weighted by atomic mass is 14.0. The van der Waals surface area contributed by atoms with Crippen LogP contribution >= 0.6 is 0 Å². The van der Waals surface area contributed by atoms with Crippen molar-refractivity contribution in [3.05, 3.63) is 23.3 Å². The van der Waals surface area contributed by atoms with Gasteiger partial charge in [0.1, 0.15) is 0 Å². The van der Waals surface area contributed by atoms with Gasteiger partial charge in [-0.2, -0.15) is 0 Å². The summed E-state index contributed by atoms with van der Waals surface area (Å²) in [6, 6.07) is 0. The molecule has 76 valence electrons. The van der Waals surface area contributed by atoms with E-state index < -0.39 is 0 Å². The third-order valence-electron chi connectivity index (χ3n) is 2.08. The molecule has 0 aromatic heterocycles. The maximum Gasteiger partial charge on any atom is -0.0256 e. The molecule has 0 aliphatic heterocycles. The van der Waals surface area contributed by atoms with Crippen LogP contribution in [-0.2, 0) is 0 Å². The van der Waals surface area contributed by atoms with Crippen LogP contribution in [0.1, 0.15) is 53.9 Å². The molecule has 0 fully saturated rings. The van der Waals surface area contributed by atoms with Crippen LogP contribution in [0.4, 0.5) is 0 Å². The minimum atomic E-state index is 0.732. The first-order chi connectivity index (χ1) is 6.06. The second-order valence-electron chi connectivity index (χ2n) is 4.25. The number of hydrogen-bond acceptors (Lipinski definition) is 0. The molecule has 0 nitrogen and oxygen atoms in total. The lowest BCUT2D eigenvalue weighted by molar-refractivity contribution is 0.596. The van der Waals surface area contributed by atoms with E-state index in [2.05, 4.69) is 46.8 Å². The van der Waals surface area contributed by atoms with Crippen LogP contribution in [0.25, 0.3) is 0 Å². The average Bonchev–Trinajstić information content (AvgIpc) is 1.98. The molecule has 1 atom stereocenters. The Kier molecular flexibility index (Phi) is 6.66. The predicted molar refractivity (Wildman–Crippen MR) is 61.9 cm³/mol. The van der Waals surface area contributed by atoms with E-state index in [-0.39, 0.29) is 0 Å². The van der Waals surface area contributed by atoms with Gasteiger partial charge in [0.2, 0.25) is 0 Å². The summed E-state index contributed by atoms with van der Waals surface area (Å²) in [6.07, 6.45) is 8.61. The molecule has 0 saturated carbocycles. The van der Waals surface area contributed by atoms with Gasteiger partial charge in [0.15, 0.2) is 0 Å². The van der Waals surface area contributed by atoms with Gasteiger partial charge < -0.3 is 0 Å². The molecule has 0 heteroatoms. The Bertz CT molecular complexity index is 180. The first-order valence-corrected chi connectivity index (χ1v) is 5.39. The Morgan fingerprint density at radius 3 is 2.31 bits per heavy atom. The summed E-state index contributed by atoms with van der Waals surface area (Å²) in [5.74, 6) is 0.732. The molecule has 0 bridgehead atoms. The lowest BCUT2D eigenvalue weighted by Crippen LogP contribution is -1.90. The van der Waals surface area contributed by atoms with Gasteiger partial charge in [-0.05, 0) is 33.1 Å². The molecular formula is C13H24. The Hall–Kier alpha value is -0.520. The molecule has 0 aromatic rings. The summed E-state index contributed by atoms with van der Waals surface area (Å²) in [6.45, 7) is 11.0. The van der Waals surface area contributed by atoms with E-state index in [1.807, 2.05) is 0 Å². The van der Waals surface area contributed by atoms with Crippen LogP contribution in [0, 0.1) is 5.92 Å². The average molecular weight is 180 g/mol. The fourth-order valence-corrected chi connectivity index (χ4v) is 1.56. The summed E-state index contributed by atoms with van der Waals surface area (Å²) < 4.78 is 0. The second kappa shape index (κ2) is 6.94. The minimum Gasteiger partial charge on any atom is -0.0788 e. The van der Waals surface area contributed by atoms with Crippen LogP contribution in [-0.4, -0.2) is 0 Å². The monoisotopic (exact) mass is 180 g/mol. The maximum absolute atomic E-state index is 2.38. The van der Waals surface area contributed by atoms with Crippen LogP contribution in [0.2, 0.25) is 0 Å². The van der Waals surface area contributed by atoms with Crippen molar-refractivity contribution in [1.29, 1.82) is 0 Å². The Balaban J connectivity index is 3.98. The second-order valence-corrected chi connectivity index (χ2v) is 4.25. The molecule has 13 heavy (non-hydrogen) atoms. The molecule has 0 heterocycles. The molecule has 0 radical (unpaired) electrons. The van der Waals surface area contributed by atoms with Crippen molar-refractivity contribution in [2.75, 3.05) is 0 Å². The van der Waals surface area contributed by atoms with E-state index in [1.165, 1.54) is 30.4 Å². The Morgan fingerprint density at radius 2 is 1.85 bits per heavy atom. The third-order valence-corrected chi connectivity index (χ3v) is 2.08. The fourth-order valence-electron chi connectivity index (χ4n) is 1.56. The number of rotatable bonds is 5. The minimum absolute atomic E-state index is 0.732. The highest BCUT2D eigenvalue weighted by Gasteiger charge is 1.96. The highest BCUT2D eigenvalue weighted by Crippen LogP contribution is 2.12. The molecular weight excluding hydrogens is 156 g/mol. The molecule has 0 aromatic carbocycles. The van der Waals surface area contributed by atoms with Crippen LogP contribution in [0.15, 0.2) is 23.3 Å². The van der Waals surface area contributed by atoms with E-state index in [9.17, 15) is 0 Å². The Labute approximate surface area is 83.7 Å². The lowest BCUT2D eigenvalue weighted by atomic mass is 10.0. The summed E-state index contributed by atoms with van der Waals surface area (Å²) in [7, 11) is 0. The predicted octanol–water partition coefficient (Wildman–Crippen LogP) is 4.73. The lowest BCUT2D eigenvalue weighted by Gasteiger charge is -2.05. The number of unbranched alkanes of at least 4 members (excludes halogenated alkanes) is 1. The summed E-state index contributed by atoms with van der Waals surface area (Å²) in [5, 5.41) is 0. The van der Waals surface area contributed by atoms with Gasteiger partial charge in [0.05, 0.1) is 0 Å². The van der Waals surface area contributed by atoms with E-state index in [1.54, 1.807) is 0 Å². The topological polar surface area (TPSA) is 0 Å². The quantitative estimate of drug-likeness (QED) is 0.537. The van der Waals surface area contributed by atoms with Crippen molar-refractivity contribution in [3.8, 4) is 0 Å². The van der Waals surface area contributed by atoms with E-state index in [4.69, 9.17) is 0 Å². The normalized spacial score (nSPS) is 14.1. The van der Waals surface area contributed by atoms with Crippen molar-refractivity contribution in [2.45, 2.75) is 53.9 Å². The molecule has 0 rings (SSSR count). The third kappa shape index (κ3) is 7.83. The molecule has 1 unspecified atom stereocenters. The smallest absolute Gasteiger partial charge is 0.0256 e. The number of hydrogen-bond donors (Lipinski definition) is 0. The van der Waals surface area contributed by atoms with Crippen LogP contribution in [0.5, 0.6) is 0 Å². The standard InChI is InChI=1S/C13H24/c1-6-7-8-12(4)10-13(5)9-11(2)3/h9-10,12H,6-8H2,1-5H3. The summed E-state index contributed by atoms with van der Waals surface area (Å²) >= 11 is 0. The highest BCUT2D eigenvalue weighted by molar-refractivity contribution is 5.20. The molecule has 0 N–H and O–H groups in total. The van der Waals surface area contributed by atoms with E-state index in [0.29, 0.717) is 0 Å². The summed E-state index contributed by atoms with van der Waals surface area (Å²) in [5.41, 5.74) is 2.79. The molecule has 0 saturated heterocycles. The molecule has 0 spiro atoms. The van der Waals surface area contributed by atoms with Gasteiger partial charge in [-0.3, -0.25) is 0 Å². The largest absolute Gasteiger partial charge is 0.0788 e. The summed E-state index contributed by atoms with van der Waals surface area (Å²) in [4.78, 5) is 0. The van der Waals surface area contributed by atoms with E-state index >= 15 is 0 Å². The van der Waals surface area contributed by atoms with Gasteiger partial charge >= 0.3 is 0 Å². The first kappa shape index (κ1) is 12.5. The van der Waals surface area contributed by atoms with Gasteiger partial charge in [-0.15, -0.1) is 0 Å². The fraction of sp³-hybridized carbons (Fsp3) is 0.692. The molecule has 0 aliphatic carbocycles. The van der Waals surface area contributed by atoms with Gasteiger partial charge in [0.25, 0.3) is 0 Å². The van der Waals surface area contributed by atoms with Crippen molar-refractivity contribution in [1.82, 2.24) is 0 Å². The Morgan fingerprint density at radius 1 is 1.23 bits per heavy atom. The maximum atomic E-state index is 2.38. The zero-order valence-corrected chi connectivity index (χ0v) is 9.85. The SMILES string of the molecule is CCCCC(C)C=C(C)C=C(C)C. The first-order valence-electron chi connectivity index (χ1n) is 5.39. The van der Waals surface area contributed by atoms with Crippen molar-refractivity contribution in [3.63, 3.8) is 0 Å². The van der Waals surface area contributed by atoms with Gasteiger partial charge in [-0.1, -0.05) is 50.0 Å². The molecule has 0 amide bonds. The van der Waals surface area contributed by atoms with Crippen molar-refractivity contribution in [2.24, 2.45) is 5.92 Å². The number of allylic oxidation sites excluding steroid dienone is 4. The van der Waals surface area contributed by atoms with Crippen LogP contribution < -0.4 is 0 Å². The zero-order chi connectivity index (χ0) is 10.3. The van der Waals surface area contributed by atoms with Crippen molar-refractivity contribution < 1.29 is 0 Å². The van der Waals surface area contributed by atoms with Crippen LogP contribution in [0.3, 0.4) is 0 Å².